The Kier molecular flexibility index (Phi) is 26.2. The van der Waals surface area contributed by atoms with Gasteiger partial charge in [-0.3, -0.25) is 9.59 Å². The van der Waals surface area contributed by atoms with Crippen LogP contribution in [0.25, 0.3) is 0 Å². The van der Waals surface area contributed by atoms with Gasteiger partial charge in [-0.15, -0.1) is 0 Å². The molecule has 25 N–H and O–H groups in total. The van der Waals surface area contributed by atoms with E-state index in [4.69, 9.17) is 77.8 Å². The maximum Gasteiger partial charge on any atom is 0.321 e. The second kappa shape index (κ2) is 31.9. The van der Waals surface area contributed by atoms with Gasteiger partial charge in [-0.05, 0) is 0 Å². The van der Waals surface area contributed by atoms with Crippen molar-refractivity contribution in [1.29, 1.82) is 0 Å². The van der Waals surface area contributed by atoms with Crippen molar-refractivity contribution >= 4 is 35.5 Å². The molecule has 0 spiro atoms. The highest BCUT2D eigenvalue weighted by Crippen LogP contribution is 2.40. The molecule has 21 saturated heterocycles. The molecule has 21 fully saturated rings. The molecule has 39 nitrogen and oxygen atoms in total. The average molecular weight is 1340 g/mol. The standard InChI is InChI=1S/C48H80N2O37S2/c49-10(40(70)71)6-88-8-17-38-25(62)32(69)48(80-17)85-37-16(5-55)76-44(28(65)21(37)58)83-35-14(3-53)78-46(30(67)23(35)60)87-39-18(9-89-7-11(50)41(72)73)79-47(31(68)24(39)61)84-36-15(4-54)75-43(27(64)20(36)57)81-33-12(1-51)74-42(26(63)19(33)56)82-34-13(2-52)77-45(86-38)29(66)22(34)59/h10-39,42-48,51-69H,1-9,49-50H2,(H,70,71)(H,72,73)/t10-,11-,12?,13?,14?,15?,16?,17?,18?,19-,20-,21-,22?,23-,24-,25?,26?,27?,28?,29+,30?,31?,32+,33-,34-,35-,36-,37-,38-,39-,42-,43-,44+,45-,46+,47+,48-/m1/s1. The van der Waals surface area contributed by atoms with Crippen LogP contribution < -0.4 is 11.5 Å². The van der Waals surface area contributed by atoms with Gasteiger partial charge in [0.15, 0.2) is 44.0 Å². The van der Waals surface area contributed by atoms with Crippen molar-refractivity contribution in [3.05, 3.63) is 0 Å². The number of ether oxygens (including phenoxy) is 14. The number of hydrogen-bond acceptors (Lipinski definition) is 39. The Morgan fingerprint density at radius 2 is 0.438 bits per heavy atom. The van der Waals surface area contributed by atoms with Crippen LogP contribution in [0.2, 0.25) is 0 Å². The lowest BCUT2D eigenvalue weighted by Gasteiger charge is -2.50. The van der Waals surface area contributed by atoms with Crippen LogP contribution in [0.4, 0.5) is 0 Å². The largest absolute Gasteiger partial charge is 0.480 e. The molecule has 0 radical (unpaired) electrons. The lowest BCUT2D eigenvalue weighted by molar-refractivity contribution is -0.395. The van der Waals surface area contributed by atoms with Gasteiger partial charge in [0.2, 0.25) is 0 Å². The zero-order chi connectivity index (χ0) is 65.2. The van der Waals surface area contributed by atoms with E-state index in [0.29, 0.717) is 0 Å². The van der Waals surface area contributed by atoms with E-state index in [9.17, 15) is 117 Å². The summed E-state index contributed by atoms with van der Waals surface area (Å²) in [5, 5.41) is 233. The summed E-state index contributed by atoms with van der Waals surface area (Å²) < 4.78 is 81.6. The van der Waals surface area contributed by atoms with Crippen molar-refractivity contribution < 1.29 is 183 Å². The van der Waals surface area contributed by atoms with Gasteiger partial charge in [-0.1, -0.05) is 0 Å². The molecule has 21 aliphatic heterocycles. The second-order valence-electron chi connectivity index (χ2n) is 22.3. The second-order valence-corrected chi connectivity index (χ2v) is 24.4. The monoisotopic (exact) mass is 1340 g/mol. The van der Waals surface area contributed by atoms with Gasteiger partial charge in [-0.2, -0.15) is 23.5 Å². The van der Waals surface area contributed by atoms with Crippen molar-refractivity contribution in [2.45, 2.75) is 227 Å². The zero-order valence-electron chi connectivity index (χ0n) is 46.6. The molecule has 0 aromatic rings. The van der Waals surface area contributed by atoms with Crippen LogP contribution in [0.1, 0.15) is 0 Å². The molecule has 89 heavy (non-hydrogen) atoms. The Balaban J connectivity index is 1.11. The smallest absolute Gasteiger partial charge is 0.321 e. The number of aliphatic hydroxyl groups is 19. The fourth-order valence-electron chi connectivity index (χ4n) is 11.2. The Morgan fingerprint density at radius 3 is 0.596 bits per heavy atom. The third-order valence-electron chi connectivity index (χ3n) is 16.2. The molecule has 41 heteroatoms. The topological polar surface area (TPSA) is 640 Å². The summed E-state index contributed by atoms with van der Waals surface area (Å²) in [5.74, 6) is -4.26. The molecule has 516 valence electrons. The zero-order valence-corrected chi connectivity index (χ0v) is 48.3. The van der Waals surface area contributed by atoms with E-state index in [1.54, 1.807) is 0 Å². The van der Waals surface area contributed by atoms with Crippen LogP contribution in [0.5, 0.6) is 0 Å². The van der Waals surface area contributed by atoms with Gasteiger partial charge < -0.3 is 185 Å². The Bertz CT molecular complexity index is 2200. The lowest BCUT2D eigenvalue weighted by atomic mass is 9.95. The van der Waals surface area contributed by atoms with Crippen LogP contribution in [0.3, 0.4) is 0 Å². The summed E-state index contributed by atoms with van der Waals surface area (Å²) in [4.78, 5) is 23.2. The molecule has 0 aliphatic carbocycles. The first-order chi connectivity index (χ1) is 42.2. The fraction of sp³-hybridized carbons (Fsp3) is 0.958. The summed E-state index contributed by atoms with van der Waals surface area (Å²) >= 11 is 1.60. The Labute approximate surface area is 511 Å². The minimum Gasteiger partial charge on any atom is -0.480 e. The van der Waals surface area contributed by atoms with E-state index in [-0.39, 0.29) is 11.5 Å². The highest BCUT2D eigenvalue weighted by Gasteiger charge is 2.60. The third-order valence-corrected chi connectivity index (χ3v) is 18.5. The molecule has 21 rings (SSSR count). The first kappa shape index (κ1) is 73.1. The number of thioether (sulfide) groups is 2. The number of hydrogen-bond donors (Lipinski definition) is 23. The molecule has 14 bridgehead atoms. The summed E-state index contributed by atoms with van der Waals surface area (Å²) in [5.41, 5.74) is 11.4. The van der Waals surface area contributed by atoms with Crippen LogP contribution in [0.15, 0.2) is 0 Å². The van der Waals surface area contributed by atoms with E-state index in [2.05, 4.69) is 0 Å². The summed E-state index contributed by atoms with van der Waals surface area (Å²) in [7, 11) is 0. The van der Waals surface area contributed by atoms with Gasteiger partial charge >= 0.3 is 11.9 Å². The SMILES string of the molecule is N[C@H](CSCC1O[C@@H]2O[C@@H]3C(CO)O[C@@H](O[C@@H]4C(CO)O[C@@H](O[C@@H]5C(CSC[C@@H](N)C(=O)O)O[C@@H](O[C@@H]6C(CO)O[C@H](O[C@@H]7C(CO)O[C@H](O[C@@H]8C(CO)O[C@H](O[C@H]1C(O)[C@@H]2O)[C@@H](O)C8O)C(O)[C@H]7O)C(O)[C@H]6O)C(O)[C@H]5O)C(O)[C@H]4O)C(O)[C@H]3O)C(=O)O. The molecule has 0 aromatic carbocycles. The van der Waals surface area contributed by atoms with Gasteiger partial charge in [0.05, 0.1) is 45.2 Å². The minimum absolute atomic E-state index is 0.319. The first-order valence-corrected chi connectivity index (χ1v) is 30.4. The quantitative estimate of drug-likeness (QED) is 0.0724. The molecule has 21 heterocycles. The molecule has 14 unspecified atom stereocenters. The van der Waals surface area contributed by atoms with E-state index in [1.807, 2.05) is 0 Å². The van der Waals surface area contributed by atoms with Crippen molar-refractivity contribution in [3.63, 3.8) is 0 Å². The molecule has 0 aromatic heterocycles. The minimum atomic E-state index is -2.27. The molecule has 0 amide bonds. The van der Waals surface area contributed by atoms with Crippen molar-refractivity contribution in [2.24, 2.45) is 11.5 Å². The van der Waals surface area contributed by atoms with Crippen LogP contribution in [-0.2, 0) is 75.9 Å². The number of rotatable bonds is 15. The number of aliphatic carboxylic acids is 2. The highest BCUT2D eigenvalue weighted by molar-refractivity contribution is 7.99. The number of carboxylic acids is 2. The molecule has 37 atom stereocenters. The number of carbonyl (C=O) groups is 2. The Hall–Kier alpha value is -1.76. The molecule has 0 saturated carbocycles. The molecular formula is C48H80N2O37S2. The number of carboxylic acid groups (broad SMARTS) is 2. The molecule has 21 aliphatic rings. The predicted octanol–water partition coefficient (Wildman–Crippen LogP) is -14.9. The van der Waals surface area contributed by atoms with E-state index in [1.165, 1.54) is 0 Å². The Morgan fingerprint density at radius 1 is 0.281 bits per heavy atom. The summed E-state index contributed by atoms with van der Waals surface area (Å²) in [6.45, 7) is -5.43. The van der Waals surface area contributed by atoms with Crippen LogP contribution >= 0.6 is 23.5 Å². The van der Waals surface area contributed by atoms with E-state index < -0.39 is 284 Å². The van der Waals surface area contributed by atoms with Crippen molar-refractivity contribution in [2.75, 3.05) is 56.0 Å². The lowest BCUT2D eigenvalue weighted by Crippen LogP contribution is -2.68. The molecular weight excluding hydrogens is 1260 g/mol. The van der Waals surface area contributed by atoms with Crippen LogP contribution in [-0.4, -0.2) is 402 Å². The third kappa shape index (κ3) is 15.9. The van der Waals surface area contributed by atoms with E-state index in [0.717, 1.165) is 23.5 Å². The van der Waals surface area contributed by atoms with E-state index >= 15 is 0 Å². The maximum atomic E-state index is 11.7. The van der Waals surface area contributed by atoms with Gasteiger partial charge in [0.25, 0.3) is 0 Å². The number of nitrogens with two attached hydrogens (primary N) is 2. The van der Waals surface area contributed by atoms with Crippen molar-refractivity contribution in [1.82, 2.24) is 0 Å². The first-order valence-electron chi connectivity index (χ1n) is 28.1. The fourth-order valence-corrected chi connectivity index (χ4v) is 13.2. The van der Waals surface area contributed by atoms with Gasteiger partial charge in [0, 0.05) is 23.0 Å². The summed E-state index contributed by atoms with van der Waals surface area (Å²) in [6, 6.07) is -2.94. The number of aliphatic hydroxyl groups excluding tert-OH is 19. The van der Waals surface area contributed by atoms with Gasteiger partial charge in [0.1, 0.15) is 171 Å². The van der Waals surface area contributed by atoms with Gasteiger partial charge in [-0.25, -0.2) is 0 Å². The van der Waals surface area contributed by atoms with Crippen molar-refractivity contribution in [3.8, 4) is 0 Å². The summed E-state index contributed by atoms with van der Waals surface area (Å²) in [6.07, 6.45) is -71.4. The van der Waals surface area contributed by atoms with Crippen LogP contribution in [0, 0.1) is 0 Å². The maximum absolute atomic E-state index is 11.7. The predicted molar refractivity (Wildman–Crippen MR) is 280 cm³/mol. The normalized spacial score (nSPS) is 50.1. The average Bonchev–Trinajstić information content (AvgIpc) is 0.983. The highest BCUT2D eigenvalue weighted by atomic mass is 32.2.